The normalized spacial score (nSPS) is 11.9. The summed E-state index contributed by atoms with van der Waals surface area (Å²) in [6, 6.07) is 10.8. The van der Waals surface area contributed by atoms with Gasteiger partial charge in [-0.25, -0.2) is 4.39 Å². The first-order valence-corrected chi connectivity index (χ1v) is 6.79. The fourth-order valence-corrected chi connectivity index (χ4v) is 2.20. The topological polar surface area (TPSA) is 30.5 Å². The Morgan fingerprint density at radius 1 is 1.00 bits per heavy atom. The molecule has 0 aromatic heterocycles. The molecule has 0 amide bonds. The second kappa shape index (κ2) is 6.48. The van der Waals surface area contributed by atoms with E-state index >= 15 is 0 Å². The fourth-order valence-electron chi connectivity index (χ4n) is 2.20. The van der Waals surface area contributed by atoms with E-state index in [1.54, 1.807) is 19.2 Å². The highest BCUT2D eigenvalue weighted by atomic mass is 19.1. The van der Waals surface area contributed by atoms with Crippen molar-refractivity contribution in [3.63, 3.8) is 0 Å². The minimum atomic E-state index is -0.360. The summed E-state index contributed by atoms with van der Waals surface area (Å²) in [5.41, 5.74) is 2.99. The van der Waals surface area contributed by atoms with Crippen LogP contribution in [0.4, 0.5) is 10.1 Å². The lowest BCUT2D eigenvalue weighted by Gasteiger charge is -2.19. The number of benzene rings is 2. The van der Waals surface area contributed by atoms with Crippen LogP contribution in [0.25, 0.3) is 0 Å². The maximum atomic E-state index is 13.5. The van der Waals surface area contributed by atoms with E-state index in [-0.39, 0.29) is 17.6 Å². The second-order valence-corrected chi connectivity index (χ2v) is 4.96. The molecule has 0 fully saturated rings. The van der Waals surface area contributed by atoms with Gasteiger partial charge >= 0.3 is 0 Å². The molecule has 2 rings (SSSR count). The zero-order chi connectivity index (χ0) is 15.4. The van der Waals surface area contributed by atoms with E-state index in [4.69, 9.17) is 9.47 Å². The Morgan fingerprint density at radius 3 is 2.38 bits per heavy atom. The molecule has 1 N–H and O–H groups in total. The number of methoxy groups -OCH3 is 2. The molecule has 0 saturated carbocycles. The summed E-state index contributed by atoms with van der Waals surface area (Å²) in [7, 11) is 3.10. The van der Waals surface area contributed by atoms with Gasteiger partial charge in [-0.2, -0.15) is 0 Å². The van der Waals surface area contributed by atoms with E-state index < -0.39 is 0 Å². The van der Waals surface area contributed by atoms with Gasteiger partial charge in [-0.3, -0.25) is 0 Å². The molecule has 2 aromatic carbocycles. The van der Waals surface area contributed by atoms with Gasteiger partial charge in [-0.15, -0.1) is 0 Å². The second-order valence-electron chi connectivity index (χ2n) is 4.96. The number of nitrogens with one attached hydrogen (secondary N) is 1. The van der Waals surface area contributed by atoms with E-state index in [9.17, 15) is 4.39 Å². The van der Waals surface area contributed by atoms with Gasteiger partial charge in [0.15, 0.2) is 11.6 Å². The van der Waals surface area contributed by atoms with Gasteiger partial charge in [-0.05, 0) is 49.2 Å². The number of halogens is 1. The maximum Gasteiger partial charge on any atom is 0.165 e. The largest absolute Gasteiger partial charge is 0.495 e. The fraction of sp³-hybridized carbons (Fsp3) is 0.294. The van der Waals surface area contributed by atoms with Gasteiger partial charge in [0, 0.05) is 6.04 Å². The molecule has 1 atom stereocenters. The number of ether oxygens (including phenoxy) is 2. The monoisotopic (exact) mass is 289 g/mol. The van der Waals surface area contributed by atoms with Gasteiger partial charge in [0.1, 0.15) is 5.75 Å². The van der Waals surface area contributed by atoms with Gasteiger partial charge in [0.2, 0.25) is 0 Å². The van der Waals surface area contributed by atoms with Crippen LogP contribution in [0.1, 0.15) is 24.1 Å². The molecule has 2 aromatic rings. The quantitative estimate of drug-likeness (QED) is 0.889. The van der Waals surface area contributed by atoms with Crippen molar-refractivity contribution in [2.75, 3.05) is 19.5 Å². The number of hydrogen-bond donors (Lipinski definition) is 1. The molecule has 0 bridgehead atoms. The Labute approximate surface area is 124 Å². The van der Waals surface area contributed by atoms with Crippen molar-refractivity contribution < 1.29 is 13.9 Å². The van der Waals surface area contributed by atoms with Crippen molar-refractivity contribution in [2.45, 2.75) is 19.9 Å². The zero-order valence-electron chi connectivity index (χ0n) is 12.7. The minimum Gasteiger partial charge on any atom is -0.495 e. The molecule has 0 aliphatic carbocycles. The highest BCUT2D eigenvalue weighted by Crippen LogP contribution is 2.30. The number of aryl methyl sites for hydroxylation is 1. The van der Waals surface area contributed by atoms with Crippen LogP contribution in [0.5, 0.6) is 11.5 Å². The zero-order valence-corrected chi connectivity index (χ0v) is 12.7. The highest BCUT2D eigenvalue weighted by Gasteiger charge is 2.12. The Morgan fingerprint density at radius 2 is 1.71 bits per heavy atom. The molecule has 0 saturated heterocycles. The van der Waals surface area contributed by atoms with Crippen LogP contribution >= 0.6 is 0 Å². The van der Waals surface area contributed by atoms with Crippen LogP contribution in [0.2, 0.25) is 0 Å². The lowest BCUT2D eigenvalue weighted by Crippen LogP contribution is -2.08. The average Bonchev–Trinajstić information content (AvgIpc) is 2.48. The summed E-state index contributed by atoms with van der Waals surface area (Å²) in [4.78, 5) is 0. The summed E-state index contributed by atoms with van der Waals surface area (Å²) in [6.45, 7) is 4.03. The van der Waals surface area contributed by atoms with Crippen molar-refractivity contribution in [1.82, 2.24) is 0 Å². The SMILES string of the molecule is COc1cc(C(C)Nc2cc(C)ccc2OC)ccc1F. The van der Waals surface area contributed by atoms with Crippen LogP contribution < -0.4 is 14.8 Å². The minimum absolute atomic E-state index is 0.00444. The van der Waals surface area contributed by atoms with E-state index in [0.29, 0.717) is 0 Å². The Kier molecular flexibility index (Phi) is 4.68. The van der Waals surface area contributed by atoms with Crippen LogP contribution in [-0.4, -0.2) is 14.2 Å². The van der Waals surface area contributed by atoms with Crippen molar-refractivity contribution in [1.29, 1.82) is 0 Å². The Hall–Kier alpha value is -2.23. The maximum absolute atomic E-state index is 13.5. The molecule has 0 heterocycles. The van der Waals surface area contributed by atoms with E-state index in [2.05, 4.69) is 5.32 Å². The van der Waals surface area contributed by atoms with Crippen LogP contribution in [-0.2, 0) is 0 Å². The molecule has 112 valence electrons. The number of rotatable bonds is 5. The molecule has 0 aliphatic rings. The third-order valence-corrected chi connectivity index (χ3v) is 3.40. The van der Waals surface area contributed by atoms with Crippen molar-refractivity contribution in [2.24, 2.45) is 0 Å². The van der Waals surface area contributed by atoms with Crippen molar-refractivity contribution >= 4 is 5.69 Å². The molecule has 1 unspecified atom stereocenters. The summed E-state index contributed by atoms with van der Waals surface area (Å²) in [5, 5.41) is 3.39. The molecular weight excluding hydrogens is 269 g/mol. The Balaban J connectivity index is 2.25. The van der Waals surface area contributed by atoms with Gasteiger partial charge in [-0.1, -0.05) is 12.1 Å². The standard InChI is InChI=1S/C17H20FNO2/c1-11-5-8-16(20-3)15(9-11)19-12(2)13-6-7-14(18)17(10-13)21-4/h5-10,12,19H,1-4H3. The number of anilines is 1. The molecule has 21 heavy (non-hydrogen) atoms. The predicted octanol–water partition coefficient (Wildman–Crippen LogP) is 4.32. The third-order valence-electron chi connectivity index (χ3n) is 3.40. The van der Waals surface area contributed by atoms with E-state index in [0.717, 1.165) is 22.6 Å². The number of hydrogen-bond acceptors (Lipinski definition) is 3. The van der Waals surface area contributed by atoms with Gasteiger partial charge in [0.05, 0.1) is 19.9 Å². The third kappa shape index (κ3) is 3.45. The first-order valence-electron chi connectivity index (χ1n) is 6.79. The van der Waals surface area contributed by atoms with Crippen LogP contribution in [0, 0.1) is 12.7 Å². The van der Waals surface area contributed by atoms with E-state index in [1.807, 2.05) is 32.0 Å². The van der Waals surface area contributed by atoms with Crippen molar-refractivity contribution in [3.05, 3.63) is 53.3 Å². The Bertz CT molecular complexity index is 628. The van der Waals surface area contributed by atoms with Crippen molar-refractivity contribution in [3.8, 4) is 11.5 Å². The lowest BCUT2D eigenvalue weighted by molar-refractivity contribution is 0.385. The average molecular weight is 289 g/mol. The molecule has 4 heteroatoms. The lowest BCUT2D eigenvalue weighted by atomic mass is 10.1. The molecule has 3 nitrogen and oxygen atoms in total. The summed E-state index contributed by atoms with van der Waals surface area (Å²) >= 11 is 0. The van der Waals surface area contributed by atoms with Gasteiger partial charge < -0.3 is 14.8 Å². The molecular formula is C17H20FNO2. The van der Waals surface area contributed by atoms with Crippen LogP contribution in [0.3, 0.4) is 0 Å². The molecule has 0 spiro atoms. The first kappa shape index (κ1) is 15.2. The summed E-state index contributed by atoms with van der Waals surface area (Å²) in [5.74, 6) is 0.667. The highest BCUT2D eigenvalue weighted by molar-refractivity contribution is 5.59. The van der Waals surface area contributed by atoms with Gasteiger partial charge in [0.25, 0.3) is 0 Å². The first-order chi connectivity index (χ1) is 10.0. The van der Waals surface area contributed by atoms with Crippen LogP contribution in [0.15, 0.2) is 36.4 Å². The van der Waals surface area contributed by atoms with E-state index in [1.165, 1.54) is 13.2 Å². The smallest absolute Gasteiger partial charge is 0.165 e. The predicted molar refractivity (Wildman–Crippen MR) is 82.7 cm³/mol. The molecule has 0 aliphatic heterocycles. The summed E-state index contributed by atoms with van der Waals surface area (Å²) in [6.07, 6.45) is 0. The molecule has 0 radical (unpaired) electrons. The summed E-state index contributed by atoms with van der Waals surface area (Å²) < 4.78 is 23.8.